The quantitative estimate of drug-likeness (QED) is 0.138. The number of nitrogens with zero attached hydrogens (tertiary/aromatic N) is 8. The maximum atomic E-state index is 14.0. The van der Waals surface area contributed by atoms with Crippen LogP contribution >= 0.6 is 26.4 Å². The number of hydrogen-bond acceptors (Lipinski definition) is 19. The van der Waals surface area contributed by atoms with Crippen molar-refractivity contribution in [2.75, 3.05) is 24.2 Å². The summed E-state index contributed by atoms with van der Waals surface area (Å²) in [7, 11) is -2.89. The predicted molar refractivity (Wildman–Crippen MR) is 147 cm³/mol. The van der Waals surface area contributed by atoms with Crippen LogP contribution < -0.4 is 16.6 Å². The van der Waals surface area contributed by atoms with Gasteiger partial charge in [-0.25, -0.2) is 29.9 Å². The molecule has 3 aliphatic rings. The van der Waals surface area contributed by atoms with Gasteiger partial charge in [0.2, 0.25) is 0 Å². The fourth-order valence-corrected chi connectivity index (χ4v) is 8.81. The lowest BCUT2D eigenvalue weighted by Crippen LogP contribution is -2.38. The normalized spacial score (nSPS) is 36.0. The minimum Gasteiger partial charge on any atom is -0.387 e. The van der Waals surface area contributed by atoms with E-state index in [2.05, 4.69) is 29.9 Å². The van der Waals surface area contributed by atoms with E-state index in [1.54, 1.807) is 0 Å². The maximum Gasteiger partial charge on any atom is 0.698 e. The summed E-state index contributed by atoms with van der Waals surface area (Å²) in [6.45, 7) is -4.35. The number of hydrogen-bond donors (Lipinski definition) is 5. The van der Waals surface area contributed by atoms with E-state index in [4.69, 9.17) is 39.7 Å². The fourth-order valence-electron chi connectivity index (χ4n) is 5.31. The summed E-state index contributed by atoms with van der Waals surface area (Å²) in [4.78, 5) is 24.5. The number of fused-ring (bicyclic) bond motifs is 5. The van der Waals surface area contributed by atoms with Crippen LogP contribution in [0.4, 0.5) is 11.6 Å². The molecule has 3 aliphatic heterocycles. The van der Waals surface area contributed by atoms with E-state index >= 15 is 0 Å². The van der Waals surface area contributed by atoms with Gasteiger partial charge in [-0.1, -0.05) is 0 Å². The monoisotopic (exact) mass is 656 g/mol. The molecule has 0 amide bonds. The maximum absolute atomic E-state index is 14.0. The predicted octanol–water partition coefficient (Wildman–Crippen LogP) is -0.395. The first-order valence-corrected chi connectivity index (χ1v) is 17.0. The summed E-state index contributed by atoms with van der Waals surface area (Å²) < 4.78 is 59.1. The summed E-state index contributed by atoms with van der Waals surface area (Å²) in [5.41, 5.74) is 12.8. The van der Waals surface area contributed by atoms with Gasteiger partial charge in [-0.3, -0.25) is 18.8 Å². The third-order valence-electron chi connectivity index (χ3n) is 7.34. The smallest absolute Gasteiger partial charge is 0.387 e. The van der Waals surface area contributed by atoms with Crippen LogP contribution in [0.15, 0.2) is 25.3 Å². The van der Waals surface area contributed by atoms with Crippen LogP contribution in [0, 0.1) is 0 Å². The average Bonchev–Trinajstić information content (AvgIpc) is 3.74. The standard InChI is InChI=1S/C20H24N11O9P2S/c21-15-9-17(26-3-24-15)30(5-28-9)19-12(33)13-7(37-19)1-36-41(34)39-14-11(32)8(2-42(35,40-13)43-23)38-20(14)31-6-29-10-16(22)25-4-27-18(10)31/h3-8,11-14,19-20,32-33H,1-2,23H2,(H2,21,24,26)(H2,22,25,27)/q+1/t7-,8?,11+,12+,13+,14+,19?,20?,42?/m0/s1. The highest BCUT2D eigenvalue weighted by atomic mass is 32.7. The van der Waals surface area contributed by atoms with E-state index in [0.717, 1.165) is 0 Å². The molecule has 23 heteroatoms. The molecule has 7 heterocycles. The van der Waals surface area contributed by atoms with Crippen molar-refractivity contribution in [3.63, 3.8) is 0 Å². The van der Waals surface area contributed by atoms with E-state index in [1.165, 1.54) is 34.4 Å². The lowest BCUT2D eigenvalue weighted by Gasteiger charge is -2.27. The van der Waals surface area contributed by atoms with Crippen molar-refractivity contribution < 1.29 is 42.4 Å². The van der Waals surface area contributed by atoms with Crippen molar-refractivity contribution in [2.45, 2.75) is 49.1 Å². The summed E-state index contributed by atoms with van der Waals surface area (Å²) in [5.74, 6) is 0.226. The summed E-state index contributed by atoms with van der Waals surface area (Å²) in [5, 5.41) is 28.4. The fraction of sp³-hybridized carbons (Fsp3) is 0.500. The topological polar surface area (TPSA) is 286 Å². The Bertz CT molecular complexity index is 1760. The summed E-state index contributed by atoms with van der Waals surface area (Å²) in [6, 6.07) is 0. The van der Waals surface area contributed by atoms with Crippen LogP contribution in [0.5, 0.6) is 0 Å². The molecule has 2 bridgehead atoms. The van der Waals surface area contributed by atoms with Crippen molar-refractivity contribution in [1.82, 2.24) is 39.0 Å². The Hall–Kier alpha value is -2.94. The highest BCUT2D eigenvalue weighted by molar-refractivity contribution is 8.55. The van der Waals surface area contributed by atoms with Crippen molar-refractivity contribution in [3.8, 4) is 0 Å². The van der Waals surface area contributed by atoms with E-state index in [-0.39, 0.29) is 34.0 Å². The number of aliphatic hydroxyl groups is 2. The molecule has 0 aliphatic carbocycles. The SMILES string of the molecule is NSP1(=O)CC2OC(n3cnc4c(N)ncnc43)[C@H](O[P+](=O)OC[C@@H]3OC(n4cnc5c(N)ncnc54)[C@H](O)[C@@H]3O1)[C@@H]2O. The molecule has 3 fully saturated rings. The zero-order valence-electron chi connectivity index (χ0n) is 21.7. The van der Waals surface area contributed by atoms with Crippen LogP contribution in [-0.4, -0.2) is 98.6 Å². The Kier molecular flexibility index (Phi) is 7.30. The minimum absolute atomic E-state index is 0.108. The lowest BCUT2D eigenvalue weighted by molar-refractivity contribution is -0.0507. The van der Waals surface area contributed by atoms with Crippen molar-refractivity contribution >= 4 is 60.4 Å². The van der Waals surface area contributed by atoms with Crippen LogP contribution in [0.25, 0.3) is 22.3 Å². The van der Waals surface area contributed by atoms with Gasteiger partial charge in [-0.2, -0.15) is 0 Å². The highest BCUT2D eigenvalue weighted by Crippen LogP contribution is 2.61. The molecular formula is C20H24N11O9P2S+. The first-order chi connectivity index (χ1) is 20.7. The number of aromatic nitrogens is 8. The summed E-state index contributed by atoms with van der Waals surface area (Å²) >= 11 is 0.420. The Balaban J connectivity index is 1.21. The van der Waals surface area contributed by atoms with Crippen LogP contribution in [-0.2, 0) is 32.2 Å². The number of imidazole rings is 2. The van der Waals surface area contributed by atoms with Gasteiger partial charge in [0.15, 0.2) is 41.5 Å². The molecule has 4 aromatic rings. The first kappa shape index (κ1) is 28.8. The number of ether oxygens (including phenoxy) is 2. The van der Waals surface area contributed by atoms with Crippen molar-refractivity contribution in [2.24, 2.45) is 5.14 Å². The lowest BCUT2D eigenvalue weighted by atomic mass is 10.1. The zero-order chi connectivity index (χ0) is 30.0. The highest BCUT2D eigenvalue weighted by Gasteiger charge is 2.56. The number of aliphatic hydroxyl groups excluding tert-OH is 2. The molecule has 0 saturated carbocycles. The van der Waals surface area contributed by atoms with Gasteiger partial charge in [0.1, 0.15) is 54.7 Å². The van der Waals surface area contributed by atoms with Gasteiger partial charge in [0, 0.05) is 16.1 Å². The van der Waals surface area contributed by atoms with Gasteiger partial charge >= 0.3 is 8.25 Å². The molecule has 4 aromatic heterocycles. The van der Waals surface area contributed by atoms with Crippen LogP contribution in [0.2, 0.25) is 0 Å². The third kappa shape index (κ3) is 4.86. The molecule has 43 heavy (non-hydrogen) atoms. The number of rotatable bonds is 3. The molecule has 0 spiro atoms. The second kappa shape index (κ2) is 10.9. The number of nitrogens with two attached hydrogens (primary N) is 3. The van der Waals surface area contributed by atoms with E-state index in [9.17, 15) is 19.3 Å². The second-order valence-electron chi connectivity index (χ2n) is 9.84. The number of nitrogen functional groups attached to an aromatic ring is 2. The van der Waals surface area contributed by atoms with Gasteiger partial charge in [0.05, 0.1) is 24.9 Å². The van der Waals surface area contributed by atoms with Crippen LogP contribution in [0.1, 0.15) is 12.5 Å². The second-order valence-corrected chi connectivity index (χ2v) is 15.1. The van der Waals surface area contributed by atoms with Crippen LogP contribution in [0.3, 0.4) is 0 Å². The van der Waals surface area contributed by atoms with Gasteiger partial charge in [-0.15, -0.1) is 9.05 Å². The molecule has 0 radical (unpaired) electrons. The van der Waals surface area contributed by atoms with E-state index < -0.39 is 76.7 Å². The molecule has 228 valence electrons. The molecular weight excluding hydrogens is 632 g/mol. The molecule has 3 saturated heterocycles. The number of anilines is 2. The van der Waals surface area contributed by atoms with Gasteiger partial charge < -0.3 is 35.7 Å². The third-order valence-corrected chi connectivity index (χ3v) is 11.5. The van der Waals surface area contributed by atoms with E-state index in [0.29, 0.717) is 11.6 Å². The van der Waals surface area contributed by atoms with Gasteiger partial charge in [-0.05, 0) is 0 Å². The zero-order valence-corrected chi connectivity index (χ0v) is 24.3. The Morgan fingerprint density at radius 2 is 1.49 bits per heavy atom. The van der Waals surface area contributed by atoms with Crippen molar-refractivity contribution in [3.05, 3.63) is 25.3 Å². The average molecular weight is 656 g/mol. The minimum atomic E-state index is -3.93. The molecule has 10 atom stereocenters. The first-order valence-electron chi connectivity index (χ1n) is 12.6. The van der Waals surface area contributed by atoms with Crippen molar-refractivity contribution in [1.29, 1.82) is 0 Å². The Morgan fingerprint density at radius 1 is 0.884 bits per heavy atom. The molecule has 7 rings (SSSR count). The Labute approximate surface area is 245 Å². The van der Waals surface area contributed by atoms with Gasteiger partial charge in [0.25, 0.3) is 6.57 Å². The Morgan fingerprint density at radius 3 is 2.12 bits per heavy atom. The van der Waals surface area contributed by atoms with E-state index in [1.807, 2.05) is 0 Å². The molecule has 20 nitrogen and oxygen atoms in total. The molecule has 0 aromatic carbocycles. The largest absolute Gasteiger partial charge is 0.698 e. The molecule has 8 N–H and O–H groups in total. The molecule has 5 unspecified atom stereocenters. The summed E-state index contributed by atoms with van der Waals surface area (Å²) in [6.07, 6.45) is -5.37.